The fourth-order valence-corrected chi connectivity index (χ4v) is 1.31. The zero-order valence-electron chi connectivity index (χ0n) is 7.31. The smallest absolute Gasteiger partial charge is 0.118 e. The van der Waals surface area contributed by atoms with Gasteiger partial charge in [0.05, 0.1) is 0 Å². The van der Waals surface area contributed by atoms with Crippen LogP contribution in [0.4, 0.5) is 4.39 Å². The predicted molar refractivity (Wildman–Crippen MR) is 49.1 cm³/mol. The Kier molecular flexibility index (Phi) is 3.20. The predicted octanol–water partition coefficient (Wildman–Crippen LogP) is 3.24. The maximum absolute atomic E-state index is 12.5. The van der Waals surface area contributed by atoms with E-state index in [4.69, 9.17) is 5.41 Å². The highest BCUT2D eigenvalue weighted by Crippen LogP contribution is 2.19. The number of allylic oxidation sites excluding steroid dienone is 4. The van der Waals surface area contributed by atoms with Crippen molar-refractivity contribution in [2.24, 2.45) is 5.92 Å². The molecule has 0 aromatic heterocycles. The molecule has 0 aromatic carbocycles. The fraction of sp³-hybridized carbons (Fsp3) is 0.500. The SMILES string of the molecule is CCCC(=N)C1C=CC(F)=CC1. The Bertz CT molecular complexity index is 228. The van der Waals surface area contributed by atoms with Gasteiger partial charge in [-0.2, -0.15) is 0 Å². The Balaban J connectivity index is 2.47. The van der Waals surface area contributed by atoms with E-state index in [9.17, 15) is 4.39 Å². The van der Waals surface area contributed by atoms with E-state index in [2.05, 4.69) is 6.92 Å². The minimum absolute atomic E-state index is 0.143. The molecule has 1 aliphatic rings. The van der Waals surface area contributed by atoms with Gasteiger partial charge in [0.25, 0.3) is 0 Å². The molecule has 1 N–H and O–H groups in total. The van der Waals surface area contributed by atoms with E-state index in [-0.39, 0.29) is 11.7 Å². The molecule has 0 spiro atoms. The molecule has 2 heteroatoms. The number of hydrogen-bond acceptors (Lipinski definition) is 1. The maximum atomic E-state index is 12.5. The molecule has 1 rings (SSSR count). The van der Waals surface area contributed by atoms with Crippen LogP contribution in [0, 0.1) is 11.3 Å². The van der Waals surface area contributed by atoms with Crippen molar-refractivity contribution in [1.29, 1.82) is 5.41 Å². The van der Waals surface area contributed by atoms with Gasteiger partial charge in [-0.1, -0.05) is 19.4 Å². The molecular formula is C10H14FN. The summed E-state index contributed by atoms with van der Waals surface area (Å²) in [5.74, 6) is -0.0278. The Morgan fingerprint density at radius 1 is 1.75 bits per heavy atom. The highest BCUT2D eigenvalue weighted by molar-refractivity contribution is 5.85. The molecule has 0 radical (unpaired) electrons. The van der Waals surface area contributed by atoms with Gasteiger partial charge in [0.1, 0.15) is 5.83 Å². The van der Waals surface area contributed by atoms with Crippen LogP contribution < -0.4 is 0 Å². The monoisotopic (exact) mass is 167 g/mol. The highest BCUT2D eigenvalue weighted by Gasteiger charge is 2.12. The largest absolute Gasteiger partial charge is 0.309 e. The molecule has 0 aromatic rings. The van der Waals surface area contributed by atoms with Crippen LogP contribution in [-0.4, -0.2) is 5.71 Å². The van der Waals surface area contributed by atoms with E-state index >= 15 is 0 Å². The van der Waals surface area contributed by atoms with Crippen LogP contribution in [0.25, 0.3) is 0 Å². The summed E-state index contributed by atoms with van der Waals surface area (Å²) in [6, 6.07) is 0. The quantitative estimate of drug-likeness (QED) is 0.624. The van der Waals surface area contributed by atoms with Crippen LogP contribution in [0.2, 0.25) is 0 Å². The van der Waals surface area contributed by atoms with Gasteiger partial charge < -0.3 is 5.41 Å². The number of halogens is 1. The summed E-state index contributed by atoms with van der Waals surface area (Å²) in [4.78, 5) is 0. The number of rotatable bonds is 3. The summed E-state index contributed by atoms with van der Waals surface area (Å²) in [5.41, 5.74) is 0.720. The molecule has 0 aliphatic heterocycles. The van der Waals surface area contributed by atoms with Crippen molar-refractivity contribution in [1.82, 2.24) is 0 Å². The first-order valence-electron chi connectivity index (χ1n) is 4.35. The standard InChI is InChI=1S/C10H14FN/c1-2-3-10(12)8-4-6-9(11)7-5-8/h4,6-8,12H,2-3,5H2,1H3. The zero-order valence-corrected chi connectivity index (χ0v) is 7.31. The molecular weight excluding hydrogens is 153 g/mol. The molecule has 1 atom stereocenters. The molecule has 1 unspecified atom stereocenters. The highest BCUT2D eigenvalue weighted by atomic mass is 19.1. The van der Waals surface area contributed by atoms with Crippen molar-refractivity contribution in [2.75, 3.05) is 0 Å². The van der Waals surface area contributed by atoms with Gasteiger partial charge in [0.2, 0.25) is 0 Å². The van der Waals surface area contributed by atoms with Crippen molar-refractivity contribution in [3.05, 3.63) is 24.1 Å². The van der Waals surface area contributed by atoms with E-state index in [0.29, 0.717) is 6.42 Å². The molecule has 0 fully saturated rings. The average molecular weight is 167 g/mol. The van der Waals surface area contributed by atoms with Crippen LogP contribution in [0.5, 0.6) is 0 Å². The van der Waals surface area contributed by atoms with Gasteiger partial charge in [-0.05, 0) is 25.0 Å². The van der Waals surface area contributed by atoms with Crippen LogP contribution >= 0.6 is 0 Å². The molecule has 12 heavy (non-hydrogen) atoms. The molecule has 0 saturated carbocycles. The molecule has 66 valence electrons. The van der Waals surface area contributed by atoms with Crippen molar-refractivity contribution >= 4 is 5.71 Å². The van der Waals surface area contributed by atoms with Gasteiger partial charge in [0.15, 0.2) is 0 Å². The summed E-state index contributed by atoms with van der Waals surface area (Å²) >= 11 is 0. The first-order valence-corrected chi connectivity index (χ1v) is 4.35. The van der Waals surface area contributed by atoms with Crippen molar-refractivity contribution < 1.29 is 4.39 Å². The van der Waals surface area contributed by atoms with E-state index in [1.807, 2.05) is 0 Å². The maximum Gasteiger partial charge on any atom is 0.118 e. The summed E-state index contributed by atoms with van der Waals surface area (Å²) in [5, 5.41) is 7.65. The minimum Gasteiger partial charge on any atom is -0.309 e. The first kappa shape index (κ1) is 9.17. The Hall–Kier alpha value is -0.920. The summed E-state index contributed by atoms with van der Waals surface area (Å²) in [6.07, 6.45) is 7.27. The molecule has 0 saturated heterocycles. The summed E-state index contributed by atoms with van der Waals surface area (Å²) in [6.45, 7) is 2.05. The lowest BCUT2D eigenvalue weighted by molar-refractivity contribution is 0.641. The minimum atomic E-state index is -0.171. The fourth-order valence-electron chi connectivity index (χ4n) is 1.31. The van der Waals surface area contributed by atoms with Crippen molar-refractivity contribution in [2.45, 2.75) is 26.2 Å². The van der Waals surface area contributed by atoms with Crippen LogP contribution in [0.1, 0.15) is 26.2 Å². The molecule has 0 heterocycles. The van der Waals surface area contributed by atoms with Gasteiger partial charge in [-0.15, -0.1) is 0 Å². The van der Waals surface area contributed by atoms with Crippen LogP contribution in [0.15, 0.2) is 24.1 Å². The van der Waals surface area contributed by atoms with Gasteiger partial charge in [-0.25, -0.2) is 4.39 Å². The molecule has 0 amide bonds. The van der Waals surface area contributed by atoms with Crippen LogP contribution in [0.3, 0.4) is 0 Å². The topological polar surface area (TPSA) is 23.9 Å². The molecule has 1 aliphatic carbocycles. The molecule has 0 bridgehead atoms. The Morgan fingerprint density at radius 3 is 3.00 bits per heavy atom. The number of hydrogen-bond donors (Lipinski definition) is 1. The normalized spacial score (nSPS) is 22.2. The lowest BCUT2D eigenvalue weighted by Gasteiger charge is -2.14. The average Bonchev–Trinajstić information content (AvgIpc) is 2.06. The molecule has 1 nitrogen and oxygen atoms in total. The van der Waals surface area contributed by atoms with E-state index in [0.717, 1.165) is 18.6 Å². The first-order chi connectivity index (χ1) is 5.74. The second kappa shape index (κ2) is 4.19. The zero-order chi connectivity index (χ0) is 8.97. The van der Waals surface area contributed by atoms with Crippen molar-refractivity contribution in [3.8, 4) is 0 Å². The number of nitrogens with one attached hydrogen (secondary N) is 1. The third-order valence-corrected chi connectivity index (χ3v) is 2.02. The summed E-state index contributed by atoms with van der Waals surface area (Å²) in [7, 11) is 0. The lowest BCUT2D eigenvalue weighted by atomic mass is 9.93. The Labute approximate surface area is 72.5 Å². The second-order valence-corrected chi connectivity index (χ2v) is 3.07. The Morgan fingerprint density at radius 2 is 2.50 bits per heavy atom. The lowest BCUT2D eigenvalue weighted by Crippen LogP contribution is -2.11. The van der Waals surface area contributed by atoms with Crippen molar-refractivity contribution in [3.63, 3.8) is 0 Å². The van der Waals surface area contributed by atoms with E-state index in [1.54, 1.807) is 12.2 Å². The van der Waals surface area contributed by atoms with Gasteiger partial charge in [-0.3, -0.25) is 0 Å². The van der Waals surface area contributed by atoms with Crippen LogP contribution in [-0.2, 0) is 0 Å². The third kappa shape index (κ3) is 2.29. The van der Waals surface area contributed by atoms with E-state index < -0.39 is 0 Å². The van der Waals surface area contributed by atoms with Gasteiger partial charge >= 0.3 is 0 Å². The third-order valence-electron chi connectivity index (χ3n) is 2.02. The van der Waals surface area contributed by atoms with E-state index in [1.165, 1.54) is 6.08 Å². The second-order valence-electron chi connectivity index (χ2n) is 3.07. The summed E-state index contributed by atoms with van der Waals surface area (Å²) < 4.78 is 12.5. The van der Waals surface area contributed by atoms with Gasteiger partial charge in [0, 0.05) is 11.6 Å².